The van der Waals surface area contributed by atoms with Crippen LogP contribution in [0.4, 0.5) is 13.2 Å². The van der Waals surface area contributed by atoms with Crippen LogP contribution in [0.3, 0.4) is 0 Å². The van der Waals surface area contributed by atoms with Crippen molar-refractivity contribution in [2.24, 2.45) is 5.73 Å². The Morgan fingerprint density at radius 1 is 1.30 bits per heavy atom. The second-order valence-corrected chi connectivity index (χ2v) is 4.89. The van der Waals surface area contributed by atoms with Crippen molar-refractivity contribution in [3.05, 3.63) is 29.8 Å². The normalized spacial score (nSPS) is 15.2. The number of methoxy groups -OCH3 is 1. The molecule has 0 radical (unpaired) electrons. The van der Waals surface area contributed by atoms with Gasteiger partial charge in [0, 0.05) is 18.2 Å². The van der Waals surface area contributed by atoms with E-state index >= 15 is 0 Å². The number of likely N-dealkylation sites (N-methyl/N-ethyl adjacent to an activating group) is 1. The SMILES string of the molecule is COc1ccccc1C(C(C)N)N(C)CCC(F)(F)F. The fourth-order valence-corrected chi connectivity index (χ4v) is 2.28. The Bertz CT molecular complexity index is 421. The van der Waals surface area contributed by atoms with Gasteiger partial charge < -0.3 is 10.5 Å². The number of ether oxygens (including phenoxy) is 1. The summed E-state index contributed by atoms with van der Waals surface area (Å²) in [6.07, 6.45) is -5.03. The van der Waals surface area contributed by atoms with Gasteiger partial charge in [0.2, 0.25) is 0 Å². The zero-order valence-electron chi connectivity index (χ0n) is 11.9. The molecule has 114 valence electrons. The molecular formula is C14H21F3N2O. The highest BCUT2D eigenvalue weighted by Gasteiger charge is 2.30. The Morgan fingerprint density at radius 2 is 1.90 bits per heavy atom. The van der Waals surface area contributed by atoms with E-state index in [-0.39, 0.29) is 18.6 Å². The molecule has 2 unspecified atom stereocenters. The predicted octanol–water partition coefficient (Wildman–Crippen LogP) is 2.97. The molecule has 20 heavy (non-hydrogen) atoms. The van der Waals surface area contributed by atoms with Crippen molar-refractivity contribution in [1.82, 2.24) is 4.90 Å². The van der Waals surface area contributed by atoms with E-state index < -0.39 is 12.6 Å². The Labute approximate surface area is 117 Å². The average molecular weight is 290 g/mol. The third-order valence-corrected chi connectivity index (χ3v) is 3.18. The molecule has 1 aromatic rings. The molecule has 0 aromatic heterocycles. The summed E-state index contributed by atoms with van der Waals surface area (Å²) in [5.74, 6) is 0.633. The molecule has 0 heterocycles. The highest BCUT2D eigenvalue weighted by molar-refractivity contribution is 5.36. The molecule has 0 aliphatic carbocycles. The fraction of sp³-hybridized carbons (Fsp3) is 0.571. The smallest absolute Gasteiger partial charge is 0.390 e. The van der Waals surface area contributed by atoms with Gasteiger partial charge in [-0.2, -0.15) is 13.2 Å². The zero-order valence-corrected chi connectivity index (χ0v) is 11.9. The van der Waals surface area contributed by atoms with E-state index in [2.05, 4.69) is 0 Å². The van der Waals surface area contributed by atoms with Crippen LogP contribution in [0.25, 0.3) is 0 Å². The minimum Gasteiger partial charge on any atom is -0.496 e. The van der Waals surface area contributed by atoms with Crippen molar-refractivity contribution in [2.75, 3.05) is 20.7 Å². The number of hydrogen-bond acceptors (Lipinski definition) is 3. The van der Waals surface area contributed by atoms with Gasteiger partial charge >= 0.3 is 6.18 Å². The highest BCUT2D eigenvalue weighted by Crippen LogP contribution is 2.31. The molecule has 1 aromatic carbocycles. The molecule has 3 nitrogen and oxygen atoms in total. The van der Waals surface area contributed by atoms with Gasteiger partial charge in [0.1, 0.15) is 5.75 Å². The second kappa shape index (κ2) is 6.95. The average Bonchev–Trinajstić information content (AvgIpc) is 2.36. The lowest BCUT2D eigenvalue weighted by molar-refractivity contribution is -0.138. The summed E-state index contributed by atoms with van der Waals surface area (Å²) in [4.78, 5) is 1.62. The van der Waals surface area contributed by atoms with Crippen molar-refractivity contribution in [1.29, 1.82) is 0 Å². The van der Waals surface area contributed by atoms with E-state index in [1.54, 1.807) is 24.9 Å². The summed E-state index contributed by atoms with van der Waals surface area (Å²) >= 11 is 0. The van der Waals surface area contributed by atoms with Gasteiger partial charge in [0.25, 0.3) is 0 Å². The molecule has 0 saturated carbocycles. The number of benzene rings is 1. The molecule has 0 spiro atoms. The first kappa shape index (κ1) is 16.8. The van der Waals surface area contributed by atoms with Crippen LogP contribution in [-0.2, 0) is 0 Å². The first-order chi connectivity index (χ1) is 9.26. The summed E-state index contributed by atoms with van der Waals surface area (Å²) in [6, 6.07) is 6.61. The van der Waals surface area contributed by atoms with Gasteiger partial charge in [-0.3, -0.25) is 4.90 Å². The molecule has 0 fully saturated rings. The largest absolute Gasteiger partial charge is 0.496 e. The quantitative estimate of drug-likeness (QED) is 0.875. The van der Waals surface area contributed by atoms with Crippen LogP contribution < -0.4 is 10.5 Å². The van der Waals surface area contributed by atoms with Crippen LogP contribution in [-0.4, -0.2) is 37.8 Å². The van der Waals surface area contributed by atoms with E-state index in [1.807, 2.05) is 18.2 Å². The number of para-hydroxylation sites is 1. The standard InChI is InChI=1S/C14H21F3N2O/c1-10(18)13(19(2)9-8-14(15,16)17)11-6-4-5-7-12(11)20-3/h4-7,10,13H,8-9,18H2,1-3H3. The molecule has 6 heteroatoms. The monoisotopic (exact) mass is 290 g/mol. The van der Waals surface area contributed by atoms with Crippen molar-refractivity contribution in [2.45, 2.75) is 31.6 Å². The van der Waals surface area contributed by atoms with E-state index in [4.69, 9.17) is 10.5 Å². The van der Waals surface area contributed by atoms with Crippen LogP contribution in [0.2, 0.25) is 0 Å². The minimum absolute atomic E-state index is 0.103. The lowest BCUT2D eigenvalue weighted by Crippen LogP contribution is -2.39. The van der Waals surface area contributed by atoms with E-state index in [9.17, 15) is 13.2 Å². The molecule has 0 bridgehead atoms. The van der Waals surface area contributed by atoms with Gasteiger partial charge in [-0.1, -0.05) is 18.2 Å². The summed E-state index contributed by atoms with van der Waals surface area (Å²) < 4.78 is 42.3. The summed E-state index contributed by atoms with van der Waals surface area (Å²) in [6.45, 7) is 1.68. The first-order valence-corrected chi connectivity index (χ1v) is 6.41. The highest BCUT2D eigenvalue weighted by atomic mass is 19.4. The second-order valence-electron chi connectivity index (χ2n) is 4.89. The van der Waals surface area contributed by atoms with Crippen LogP contribution in [0.15, 0.2) is 24.3 Å². The molecule has 0 aliphatic heterocycles. The van der Waals surface area contributed by atoms with Crippen molar-refractivity contribution < 1.29 is 17.9 Å². The maximum atomic E-state index is 12.3. The van der Waals surface area contributed by atoms with Crippen LogP contribution in [0, 0.1) is 0 Å². The molecule has 2 atom stereocenters. The van der Waals surface area contributed by atoms with E-state index in [0.717, 1.165) is 5.56 Å². The number of halogens is 3. The molecule has 0 amide bonds. The van der Waals surface area contributed by atoms with Crippen LogP contribution in [0.5, 0.6) is 5.75 Å². The van der Waals surface area contributed by atoms with Crippen LogP contribution >= 0.6 is 0 Å². The zero-order chi connectivity index (χ0) is 15.3. The summed E-state index contributed by atoms with van der Waals surface area (Å²) in [5.41, 5.74) is 6.75. The third-order valence-electron chi connectivity index (χ3n) is 3.18. The van der Waals surface area contributed by atoms with Gasteiger partial charge in [-0.25, -0.2) is 0 Å². The first-order valence-electron chi connectivity index (χ1n) is 6.41. The van der Waals surface area contributed by atoms with E-state index in [1.165, 1.54) is 7.11 Å². The Balaban J connectivity index is 2.93. The number of nitrogens with two attached hydrogens (primary N) is 1. The van der Waals surface area contributed by atoms with Crippen molar-refractivity contribution in [3.63, 3.8) is 0 Å². The van der Waals surface area contributed by atoms with Gasteiger partial charge in [0.15, 0.2) is 0 Å². The number of alkyl halides is 3. The predicted molar refractivity (Wildman–Crippen MR) is 72.7 cm³/mol. The van der Waals surface area contributed by atoms with E-state index in [0.29, 0.717) is 5.75 Å². The Morgan fingerprint density at radius 3 is 2.40 bits per heavy atom. The fourth-order valence-electron chi connectivity index (χ4n) is 2.28. The van der Waals surface area contributed by atoms with Crippen LogP contribution in [0.1, 0.15) is 24.9 Å². The summed E-state index contributed by atoms with van der Waals surface area (Å²) in [7, 11) is 3.18. The maximum absolute atomic E-state index is 12.3. The van der Waals surface area contributed by atoms with Crippen molar-refractivity contribution in [3.8, 4) is 5.75 Å². The third kappa shape index (κ3) is 4.68. The molecule has 0 saturated heterocycles. The topological polar surface area (TPSA) is 38.5 Å². The van der Waals surface area contributed by atoms with Gasteiger partial charge in [0.05, 0.1) is 19.6 Å². The molecule has 1 rings (SSSR count). The lowest BCUT2D eigenvalue weighted by atomic mass is 9.98. The molecular weight excluding hydrogens is 269 g/mol. The molecule has 0 aliphatic rings. The van der Waals surface area contributed by atoms with Gasteiger partial charge in [-0.15, -0.1) is 0 Å². The Hall–Kier alpha value is -1.27. The lowest BCUT2D eigenvalue weighted by Gasteiger charge is -2.32. The number of nitrogens with zero attached hydrogens (tertiary/aromatic N) is 1. The summed E-state index contributed by atoms with van der Waals surface area (Å²) in [5, 5.41) is 0. The molecule has 2 N–H and O–H groups in total. The Kier molecular flexibility index (Phi) is 5.83. The van der Waals surface area contributed by atoms with Crippen molar-refractivity contribution >= 4 is 0 Å². The minimum atomic E-state index is -4.17. The van der Waals surface area contributed by atoms with Gasteiger partial charge in [-0.05, 0) is 20.0 Å². The maximum Gasteiger partial charge on any atom is 0.390 e. The number of rotatable bonds is 6. The number of hydrogen-bond donors (Lipinski definition) is 1.